The van der Waals surface area contributed by atoms with Gasteiger partial charge >= 0.3 is 0 Å². The van der Waals surface area contributed by atoms with Gasteiger partial charge in [-0.15, -0.1) is 0 Å². The molecule has 1 aromatic heterocycles. The van der Waals surface area contributed by atoms with Crippen LogP contribution in [-0.4, -0.2) is 16.3 Å². The fraction of sp³-hybridized carbons (Fsp3) is 0.188. The predicted octanol–water partition coefficient (Wildman–Crippen LogP) is 3.44. The molecule has 1 atom stereocenters. The molecule has 0 bridgehead atoms. The van der Waals surface area contributed by atoms with Gasteiger partial charge in [-0.1, -0.05) is 42.5 Å². The maximum atomic E-state index is 4.48. The topological polar surface area (TPSA) is 29.9 Å². The first kappa shape index (κ1) is 10.6. The zero-order chi connectivity index (χ0) is 12.7. The molecule has 19 heavy (non-hydrogen) atoms. The smallest absolute Gasteiger partial charge is 0.124 e. The van der Waals surface area contributed by atoms with Crippen LogP contribution in [0.5, 0.6) is 0 Å². The van der Waals surface area contributed by atoms with Crippen LogP contribution in [0.2, 0.25) is 0 Å². The molecule has 0 saturated carbocycles. The molecule has 2 aromatic carbocycles. The van der Waals surface area contributed by atoms with Crippen molar-refractivity contribution in [3.8, 4) is 0 Å². The highest BCUT2D eigenvalue weighted by molar-refractivity contribution is 5.86. The molecule has 0 aliphatic carbocycles. The molecular weight excluding hydrogens is 234 g/mol. The summed E-state index contributed by atoms with van der Waals surface area (Å²) in [6, 6.07) is 17.5. The van der Waals surface area contributed by atoms with Gasteiger partial charge in [0.15, 0.2) is 0 Å². The average Bonchev–Trinajstić information content (AvgIpc) is 2.95. The average molecular weight is 249 g/mol. The van der Waals surface area contributed by atoms with Gasteiger partial charge in [-0.3, -0.25) is 0 Å². The summed E-state index contributed by atoms with van der Waals surface area (Å²) in [5, 5.41) is 10.5. The van der Waals surface area contributed by atoms with Crippen LogP contribution in [0.3, 0.4) is 0 Å². The van der Waals surface area contributed by atoms with E-state index < -0.39 is 0 Å². The van der Waals surface area contributed by atoms with Gasteiger partial charge < -0.3 is 5.32 Å². The monoisotopic (exact) mass is 249 g/mol. The Morgan fingerprint density at radius 3 is 2.95 bits per heavy atom. The third kappa shape index (κ3) is 1.62. The Balaban J connectivity index is 1.93. The van der Waals surface area contributed by atoms with Crippen LogP contribution in [0.25, 0.3) is 10.8 Å². The van der Waals surface area contributed by atoms with E-state index in [-0.39, 0.29) is 0 Å². The lowest BCUT2D eigenvalue weighted by molar-refractivity contribution is 0.485. The highest BCUT2D eigenvalue weighted by Crippen LogP contribution is 2.33. The van der Waals surface area contributed by atoms with Gasteiger partial charge in [0.05, 0.1) is 12.2 Å². The van der Waals surface area contributed by atoms with Crippen molar-refractivity contribution in [2.75, 3.05) is 11.9 Å². The van der Waals surface area contributed by atoms with E-state index in [0.29, 0.717) is 6.04 Å². The molecule has 0 amide bonds. The molecule has 0 radical (unpaired) electrons. The minimum Gasteiger partial charge on any atom is -0.370 e. The number of hydrogen-bond donors (Lipinski definition) is 1. The maximum absolute atomic E-state index is 4.48. The summed E-state index contributed by atoms with van der Waals surface area (Å²) < 4.78 is 2.10. The largest absolute Gasteiger partial charge is 0.370 e. The lowest BCUT2D eigenvalue weighted by Gasteiger charge is -2.27. The summed E-state index contributed by atoms with van der Waals surface area (Å²) in [7, 11) is 0. The molecule has 0 saturated heterocycles. The second kappa shape index (κ2) is 4.12. The molecule has 2 heterocycles. The number of anilines is 1. The van der Waals surface area contributed by atoms with E-state index in [9.17, 15) is 0 Å². The summed E-state index contributed by atoms with van der Waals surface area (Å²) in [5.41, 5.74) is 1.37. The van der Waals surface area contributed by atoms with E-state index in [1.54, 1.807) is 0 Å². The summed E-state index contributed by atoms with van der Waals surface area (Å²) in [6.07, 6.45) is 2.94. The predicted molar refractivity (Wildman–Crippen MR) is 77.4 cm³/mol. The van der Waals surface area contributed by atoms with E-state index >= 15 is 0 Å². The Kier molecular flexibility index (Phi) is 2.30. The standard InChI is InChI=1S/C16H15N3/c1-2-6-13-12(4-1)5-3-7-14(13)15-8-10-17-16-9-11-18-19(15)16/h1-7,9,11,15,17H,8,10H2. The van der Waals surface area contributed by atoms with Crippen LogP contribution in [0, 0.1) is 0 Å². The first-order chi connectivity index (χ1) is 9.43. The first-order valence-electron chi connectivity index (χ1n) is 6.68. The van der Waals surface area contributed by atoms with Crippen molar-refractivity contribution >= 4 is 16.6 Å². The summed E-state index contributed by atoms with van der Waals surface area (Å²) >= 11 is 0. The fourth-order valence-corrected chi connectivity index (χ4v) is 2.99. The van der Waals surface area contributed by atoms with Gasteiger partial charge in [-0.05, 0) is 22.8 Å². The number of rotatable bonds is 1. The number of hydrogen-bond acceptors (Lipinski definition) is 2. The molecule has 0 spiro atoms. The zero-order valence-corrected chi connectivity index (χ0v) is 10.6. The first-order valence-corrected chi connectivity index (χ1v) is 6.68. The summed E-state index contributed by atoms with van der Waals surface area (Å²) in [6.45, 7) is 1.000. The second-order valence-electron chi connectivity index (χ2n) is 4.96. The number of nitrogens with zero attached hydrogens (tertiary/aromatic N) is 2. The molecule has 1 aliphatic rings. The molecule has 3 heteroatoms. The molecule has 4 rings (SSSR count). The molecule has 1 N–H and O–H groups in total. The minimum atomic E-state index is 0.331. The van der Waals surface area contributed by atoms with Crippen molar-refractivity contribution in [3.63, 3.8) is 0 Å². The van der Waals surface area contributed by atoms with Crippen LogP contribution in [0.1, 0.15) is 18.0 Å². The van der Waals surface area contributed by atoms with Crippen molar-refractivity contribution in [2.24, 2.45) is 0 Å². The van der Waals surface area contributed by atoms with Gasteiger partial charge in [-0.2, -0.15) is 5.10 Å². The molecule has 3 nitrogen and oxygen atoms in total. The number of nitrogens with one attached hydrogen (secondary N) is 1. The third-order valence-electron chi connectivity index (χ3n) is 3.87. The minimum absolute atomic E-state index is 0.331. The van der Waals surface area contributed by atoms with Gasteiger partial charge in [0, 0.05) is 12.6 Å². The van der Waals surface area contributed by atoms with E-state index in [1.165, 1.54) is 16.3 Å². The Morgan fingerprint density at radius 1 is 1.05 bits per heavy atom. The Labute approximate surface area is 111 Å². The molecule has 0 fully saturated rings. The molecular formula is C16H15N3. The van der Waals surface area contributed by atoms with Gasteiger partial charge in [-0.25, -0.2) is 4.68 Å². The summed E-state index contributed by atoms with van der Waals surface area (Å²) in [4.78, 5) is 0. The number of aromatic nitrogens is 2. The van der Waals surface area contributed by atoms with Crippen molar-refractivity contribution in [1.29, 1.82) is 0 Å². The number of benzene rings is 2. The van der Waals surface area contributed by atoms with E-state index in [4.69, 9.17) is 0 Å². The normalized spacial score (nSPS) is 18.0. The lowest BCUT2D eigenvalue weighted by Crippen LogP contribution is -2.24. The Bertz CT molecular complexity index is 724. The van der Waals surface area contributed by atoms with E-state index in [0.717, 1.165) is 18.8 Å². The molecule has 1 aliphatic heterocycles. The highest BCUT2D eigenvalue weighted by atomic mass is 15.4. The maximum Gasteiger partial charge on any atom is 0.124 e. The van der Waals surface area contributed by atoms with Crippen molar-refractivity contribution < 1.29 is 0 Å². The van der Waals surface area contributed by atoms with Crippen molar-refractivity contribution in [3.05, 3.63) is 60.3 Å². The van der Waals surface area contributed by atoms with E-state index in [1.807, 2.05) is 12.3 Å². The van der Waals surface area contributed by atoms with Crippen LogP contribution in [0.15, 0.2) is 54.7 Å². The van der Waals surface area contributed by atoms with Crippen LogP contribution in [-0.2, 0) is 0 Å². The SMILES string of the molecule is c1ccc2c(C3CCNc4ccnn43)cccc2c1. The number of fused-ring (bicyclic) bond motifs is 2. The highest BCUT2D eigenvalue weighted by Gasteiger charge is 2.22. The molecule has 1 unspecified atom stereocenters. The van der Waals surface area contributed by atoms with Gasteiger partial charge in [0.25, 0.3) is 0 Å². The van der Waals surface area contributed by atoms with E-state index in [2.05, 4.69) is 57.6 Å². The lowest BCUT2D eigenvalue weighted by atomic mass is 9.96. The van der Waals surface area contributed by atoms with Gasteiger partial charge in [0.2, 0.25) is 0 Å². The summed E-state index contributed by atoms with van der Waals surface area (Å²) in [5.74, 6) is 1.11. The van der Waals surface area contributed by atoms with Crippen molar-refractivity contribution in [1.82, 2.24) is 9.78 Å². The Hall–Kier alpha value is -2.29. The van der Waals surface area contributed by atoms with Crippen molar-refractivity contribution in [2.45, 2.75) is 12.5 Å². The molecule has 3 aromatic rings. The van der Waals surface area contributed by atoms with Crippen LogP contribution >= 0.6 is 0 Å². The van der Waals surface area contributed by atoms with Crippen LogP contribution < -0.4 is 5.32 Å². The quantitative estimate of drug-likeness (QED) is 0.716. The fourth-order valence-electron chi connectivity index (χ4n) is 2.99. The Morgan fingerprint density at radius 2 is 1.95 bits per heavy atom. The second-order valence-corrected chi connectivity index (χ2v) is 4.96. The van der Waals surface area contributed by atoms with Gasteiger partial charge in [0.1, 0.15) is 5.82 Å². The molecule has 94 valence electrons. The third-order valence-corrected chi connectivity index (χ3v) is 3.87. The van der Waals surface area contributed by atoms with Crippen LogP contribution in [0.4, 0.5) is 5.82 Å². The zero-order valence-electron chi connectivity index (χ0n) is 10.6.